The van der Waals surface area contributed by atoms with E-state index in [1.807, 2.05) is 30.3 Å². The van der Waals surface area contributed by atoms with Crippen LogP contribution in [-0.4, -0.2) is 35.1 Å². The zero-order valence-corrected chi connectivity index (χ0v) is 14.1. The minimum Gasteiger partial charge on any atom is -0.395 e. The Kier molecular flexibility index (Phi) is 5.24. The van der Waals surface area contributed by atoms with Gasteiger partial charge in [-0.2, -0.15) is 0 Å². The minimum atomic E-state index is -0.508. The number of fused-ring (bicyclic) bond motifs is 1. The number of rotatable bonds is 6. The number of primary amides is 1. The SMILES string of the molecule is NC(=O)c1ccc(CC(=O)N(CCO)c2cccc3cccnc23)cc1. The first kappa shape index (κ1) is 17.6. The molecule has 0 aliphatic rings. The fraction of sp³-hybridized carbons (Fsp3) is 0.150. The lowest BCUT2D eigenvalue weighted by atomic mass is 10.1. The number of pyridine rings is 1. The molecular formula is C20H19N3O3. The number of aliphatic hydroxyl groups is 1. The summed E-state index contributed by atoms with van der Waals surface area (Å²) >= 11 is 0. The summed E-state index contributed by atoms with van der Waals surface area (Å²) in [5.41, 5.74) is 7.76. The molecule has 0 saturated heterocycles. The minimum absolute atomic E-state index is 0.141. The molecule has 2 amide bonds. The fourth-order valence-electron chi connectivity index (χ4n) is 2.84. The molecule has 3 rings (SSSR count). The Bertz CT molecular complexity index is 933. The zero-order chi connectivity index (χ0) is 18.5. The number of amides is 2. The molecule has 1 aromatic heterocycles. The number of hydrogen-bond donors (Lipinski definition) is 2. The molecule has 0 aliphatic heterocycles. The lowest BCUT2D eigenvalue weighted by molar-refractivity contribution is -0.118. The molecule has 0 atom stereocenters. The van der Waals surface area contributed by atoms with E-state index in [1.54, 1.807) is 30.5 Å². The van der Waals surface area contributed by atoms with Gasteiger partial charge in [-0.25, -0.2) is 0 Å². The van der Waals surface area contributed by atoms with Gasteiger partial charge in [-0.3, -0.25) is 14.6 Å². The Hall–Kier alpha value is -3.25. The molecule has 0 bridgehead atoms. The van der Waals surface area contributed by atoms with E-state index in [0.717, 1.165) is 10.9 Å². The maximum absolute atomic E-state index is 12.9. The van der Waals surface area contributed by atoms with Gasteiger partial charge in [0.2, 0.25) is 11.8 Å². The van der Waals surface area contributed by atoms with Crippen LogP contribution < -0.4 is 10.6 Å². The van der Waals surface area contributed by atoms with Crippen LogP contribution in [0.2, 0.25) is 0 Å². The van der Waals surface area contributed by atoms with Crippen LogP contribution in [0, 0.1) is 0 Å². The number of nitrogens with zero attached hydrogens (tertiary/aromatic N) is 2. The molecule has 0 saturated carbocycles. The molecule has 3 N–H and O–H groups in total. The maximum atomic E-state index is 12.9. The van der Waals surface area contributed by atoms with E-state index in [4.69, 9.17) is 5.73 Å². The van der Waals surface area contributed by atoms with E-state index in [2.05, 4.69) is 4.98 Å². The van der Waals surface area contributed by atoms with Gasteiger partial charge in [-0.15, -0.1) is 0 Å². The normalized spacial score (nSPS) is 10.7. The molecule has 0 aliphatic carbocycles. The van der Waals surface area contributed by atoms with Gasteiger partial charge in [0.05, 0.1) is 24.2 Å². The number of anilines is 1. The standard InChI is InChI=1S/C20H19N3O3/c21-20(26)16-8-6-14(7-9-16)13-18(25)23(11-12-24)17-5-1-3-15-4-2-10-22-19(15)17/h1-10,24H,11-13H2,(H2,21,26). The smallest absolute Gasteiger partial charge is 0.248 e. The second-order valence-electron chi connectivity index (χ2n) is 5.86. The van der Waals surface area contributed by atoms with Crippen molar-refractivity contribution in [2.24, 2.45) is 5.73 Å². The first-order valence-corrected chi connectivity index (χ1v) is 8.24. The molecule has 0 unspecified atom stereocenters. The number of nitrogens with two attached hydrogens (primary N) is 1. The Morgan fingerprint density at radius 1 is 1.04 bits per heavy atom. The van der Waals surface area contributed by atoms with Gasteiger partial charge >= 0.3 is 0 Å². The molecule has 132 valence electrons. The second kappa shape index (κ2) is 7.76. The van der Waals surface area contributed by atoms with E-state index >= 15 is 0 Å². The third kappa shape index (κ3) is 3.70. The van der Waals surface area contributed by atoms with Crippen molar-refractivity contribution in [1.29, 1.82) is 0 Å². The zero-order valence-electron chi connectivity index (χ0n) is 14.1. The Morgan fingerprint density at radius 2 is 1.77 bits per heavy atom. The van der Waals surface area contributed by atoms with Gasteiger partial charge in [0.15, 0.2) is 0 Å². The molecule has 3 aromatic rings. The van der Waals surface area contributed by atoms with Crippen molar-refractivity contribution in [3.8, 4) is 0 Å². The topological polar surface area (TPSA) is 96.5 Å². The van der Waals surface area contributed by atoms with Crippen LogP contribution in [0.5, 0.6) is 0 Å². The van der Waals surface area contributed by atoms with E-state index in [1.165, 1.54) is 4.90 Å². The maximum Gasteiger partial charge on any atom is 0.248 e. The number of aliphatic hydroxyl groups excluding tert-OH is 1. The Labute approximate surface area is 150 Å². The first-order valence-electron chi connectivity index (χ1n) is 8.24. The summed E-state index contributed by atoms with van der Waals surface area (Å²) in [5, 5.41) is 10.3. The molecular weight excluding hydrogens is 330 g/mol. The summed E-state index contributed by atoms with van der Waals surface area (Å²) in [5.74, 6) is -0.671. The number of benzene rings is 2. The van der Waals surface area contributed by atoms with Crippen LogP contribution in [-0.2, 0) is 11.2 Å². The van der Waals surface area contributed by atoms with E-state index in [9.17, 15) is 14.7 Å². The van der Waals surface area contributed by atoms with Crippen LogP contribution in [0.25, 0.3) is 10.9 Å². The van der Waals surface area contributed by atoms with Crippen molar-refractivity contribution < 1.29 is 14.7 Å². The molecule has 1 heterocycles. The quantitative estimate of drug-likeness (QED) is 0.710. The van der Waals surface area contributed by atoms with Crippen molar-refractivity contribution in [1.82, 2.24) is 4.98 Å². The number of hydrogen-bond acceptors (Lipinski definition) is 4. The van der Waals surface area contributed by atoms with Gasteiger partial charge in [0.1, 0.15) is 0 Å². The summed E-state index contributed by atoms with van der Waals surface area (Å²) < 4.78 is 0. The molecule has 6 nitrogen and oxygen atoms in total. The highest BCUT2D eigenvalue weighted by atomic mass is 16.3. The number of carbonyl (C=O) groups is 2. The van der Waals surface area contributed by atoms with E-state index in [-0.39, 0.29) is 25.5 Å². The summed E-state index contributed by atoms with van der Waals surface area (Å²) in [7, 11) is 0. The van der Waals surface area contributed by atoms with Crippen molar-refractivity contribution in [3.05, 3.63) is 71.9 Å². The number of carbonyl (C=O) groups excluding carboxylic acids is 2. The first-order chi connectivity index (χ1) is 12.6. The summed E-state index contributed by atoms with van der Waals surface area (Å²) in [4.78, 5) is 29.9. The molecule has 26 heavy (non-hydrogen) atoms. The highest BCUT2D eigenvalue weighted by molar-refractivity contribution is 6.02. The van der Waals surface area contributed by atoms with Gasteiger partial charge in [-0.1, -0.05) is 30.3 Å². The predicted molar refractivity (Wildman–Crippen MR) is 99.8 cm³/mol. The van der Waals surface area contributed by atoms with Gasteiger partial charge in [-0.05, 0) is 29.8 Å². The van der Waals surface area contributed by atoms with Gasteiger partial charge in [0.25, 0.3) is 0 Å². The predicted octanol–water partition coefficient (Wildman–Crippen LogP) is 1.90. The van der Waals surface area contributed by atoms with Crippen molar-refractivity contribution >= 4 is 28.4 Å². The van der Waals surface area contributed by atoms with Crippen LogP contribution >= 0.6 is 0 Å². The molecule has 0 radical (unpaired) electrons. The third-order valence-corrected chi connectivity index (χ3v) is 4.12. The van der Waals surface area contributed by atoms with Crippen LogP contribution in [0.1, 0.15) is 15.9 Å². The highest BCUT2D eigenvalue weighted by Gasteiger charge is 2.18. The van der Waals surface area contributed by atoms with Crippen LogP contribution in [0.4, 0.5) is 5.69 Å². The van der Waals surface area contributed by atoms with Gasteiger partial charge in [0, 0.05) is 23.7 Å². The average Bonchev–Trinajstić information content (AvgIpc) is 2.66. The van der Waals surface area contributed by atoms with Gasteiger partial charge < -0.3 is 15.7 Å². The lowest BCUT2D eigenvalue weighted by Crippen LogP contribution is -2.35. The summed E-state index contributed by atoms with van der Waals surface area (Å²) in [6, 6.07) is 16.0. The lowest BCUT2D eigenvalue weighted by Gasteiger charge is -2.23. The summed E-state index contributed by atoms with van der Waals surface area (Å²) in [6.07, 6.45) is 1.82. The molecule has 0 fully saturated rings. The van der Waals surface area contributed by atoms with E-state index in [0.29, 0.717) is 16.8 Å². The fourth-order valence-corrected chi connectivity index (χ4v) is 2.84. The number of para-hydroxylation sites is 1. The second-order valence-corrected chi connectivity index (χ2v) is 5.86. The van der Waals surface area contributed by atoms with E-state index < -0.39 is 5.91 Å². The largest absolute Gasteiger partial charge is 0.395 e. The van der Waals surface area contributed by atoms with Crippen LogP contribution in [0.15, 0.2) is 60.8 Å². The molecule has 6 heteroatoms. The Balaban J connectivity index is 1.89. The third-order valence-electron chi connectivity index (χ3n) is 4.12. The summed E-state index contributed by atoms with van der Waals surface area (Å²) in [6.45, 7) is 0.0173. The van der Waals surface area contributed by atoms with Crippen molar-refractivity contribution in [3.63, 3.8) is 0 Å². The van der Waals surface area contributed by atoms with Crippen LogP contribution in [0.3, 0.4) is 0 Å². The Morgan fingerprint density at radius 3 is 2.46 bits per heavy atom. The highest BCUT2D eigenvalue weighted by Crippen LogP contribution is 2.25. The monoisotopic (exact) mass is 349 g/mol. The van der Waals surface area contributed by atoms with Crippen molar-refractivity contribution in [2.75, 3.05) is 18.1 Å². The number of aromatic nitrogens is 1. The van der Waals surface area contributed by atoms with Crippen molar-refractivity contribution in [2.45, 2.75) is 6.42 Å². The molecule has 2 aromatic carbocycles. The average molecular weight is 349 g/mol. The molecule has 0 spiro atoms.